The highest BCUT2D eigenvalue weighted by atomic mass is 35.5. The molecule has 2 heterocycles. The monoisotopic (exact) mass is 321 g/mol. The van der Waals surface area contributed by atoms with Gasteiger partial charge in [-0.3, -0.25) is 4.40 Å². The summed E-state index contributed by atoms with van der Waals surface area (Å²) >= 11 is 7.76. The number of hydrogen-bond acceptors (Lipinski definition) is 4. The molecule has 0 saturated carbocycles. The van der Waals surface area contributed by atoms with Crippen LogP contribution in [0.3, 0.4) is 0 Å². The lowest BCUT2D eigenvalue weighted by atomic mass is 10.2. The van der Waals surface area contributed by atoms with E-state index in [0.29, 0.717) is 23.1 Å². The first-order valence-electron chi connectivity index (χ1n) is 6.68. The Morgan fingerprint density at radius 2 is 2.29 bits per heavy atom. The van der Waals surface area contributed by atoms with Crippen molar-refractivity contribution in [3.8, 4) is 11.6 Å². The smallest absolute Gasteiger partial charge is 0.242 e. The second kappa shape index (κ2) is 5.67. The van der Waals surface area contributed by atoms with E-state index in [1.165, 1.54) is 0 Å². The lowest BCUT2D eigenvalue weighted by Crippen LogP contribution is -2.19. The van der Waals surface area contributed by atoms with Crippen molar-refractivity contribution in [3.63, 3.8) is 0 Å². The number of rotatable bonds is 4. The lowest BCUT2D eigenvalue weighted by molar-refractivity contribution is 0.456. The van der Waals surface area contributed by atoms with E-state index < -0.39 is 0 Å². The van der Waals surface area contributed by atoms with Crippen molar-refractivity contribution in [2.24, 2.45) is 5.73 Å². The molecule has 2 aromatic heterocycles. The van der Waals surface area contributed by atoms with Gasteiger partial charge in [-0.05, 0) is 31.5 Å². The SMILES string of the molecule is Cc1ccc(Cl)c(Oc2nc3sccn3c2CC(C)N)c1. The Balaban J connectivity index is 2.03. The van der Waals surface area contributed by atoms with Gasteiger partial charge in [0.25, 0.3) is 0 Å². The number of halogens is 1. The first-order valence-corrected chi connectivity index (χ1v) is 7.94. The number of benzene rings is 1. The van der Waals surface area contributed by atoms with Crippen LogP contribution in [0.25, 0.3) is 4.96 Å². The highest BCUT2D eigenvalue weighted by molar-refractivity contribution is 7.15. The molecule has 0 aliphatic carbocycles. The van der Waals surface area contributed by atoms with Crippen LogP contribution in [0.15, 0.2) is 29.8 Å². The van der Waals surface area contributed by atoms with Crippen molar-refractivity contribution in [1.82, 2.24) is 9.38 Å². The molecule has 6 heteroatoms. The van der Waals surface area contributed by atoms with Gasteiger partial charge in [0, 0.05) is 24.0 Å². The highest BCUT2D eigenvalue weighted by Gasteiger charge is 2.17. The standard InChI is InChI=1S/C15H16ClN3OS/c1-9-3-4-11(16)13(7-9)20-14-12(8-10(2)17)19-5-6-21-15(19)18-14/h3-7,10H,8,17H2,1-2H3. The van der Waals surface area contributed by atoms with E-state index in [1.807, 2.05) is 48.0 Å². The zero-order valence-corrected chi connectivity index (χ0v) is 13.4. The molecule has 0 aliphatic heterocycles. The van der Waals surface area contributed by atoms with Crippen molar-refractivity contribution in [2.75, 3.05) is 0 Å². The summed E-state index contributed by atoms with van der Waals surface area (Å²) < 4.78 is 7.97. The van der Waals surface area contributed by atoms with E-state index in [2.05, 4.69) is 4.98 Å². The van der Waals surface area contributed by atoms with Gasteiger partial charge in [0.05, 0.1) is 10.7 Å². The Kier molecular flexibility index (Phi) is 3.89. The van der Waals surface area contributed by atoms with E-state index in [1.54, 1.807) is 11.3 Å². The topological polar surface area (TPSA) is 52.5 Å². The first-order chi connectivity index (χ1) is 10.0. The zero-order valence-electron chi connectivity index (χ0n) is 11.8. The number of imidazole rings is 1. The van der Waals surface area contributed by atoms with Gasteiger partial charge in [0.2, 0.25) is 5.88 Å². The average molecular weight is 322 g/mol. The van der Waals surface area contributed by atoms with E-state index >= 15 is 0 Å². The van der Waals surface area contributed by atoms with Crippen LogP contribution >= 0.6 is 22.9 Å². The molecule has 2 N–H and O–H groups in total. The molecule has 21 heavy (non-hydrogen) atoms. The third-order valence-corrected chi connectivity index (χ3v) is 4.20. The fourth-order valence-electron chi connectivity index (χ4n) is 2.18. The first kappa shape index (κ1) is 14.4. The molecular formula is C15H16ClN3OS. The highest BCUT2D eigenvalue weighted by Crippen LogP contribution is 2.33. The minimum Gasteiger partial charge on any atom is -0.436 e. The molecule has 4 nitrogen and oxygen atoms in total. The number of nitrogens with two attached hydrogens (primary N) is 1. The van der Waals surface area contributed by atoms with Gasteiger partial charge in [-0.25, -0.2) is 0 Å². The molecule has 1 atom stereocenters. The summed E-state index contributed by atoms with van der Waals surface area (Å²) in [5.74, 6) is 1.19. The number of thiazole rings is 1. The Morgan fingerprint density at radius 1 is 1.48 bits per heavy atom. The lowest BCUT2D eigenvalue weighted by Gasteiger charge is -2.10. The molecule has 0 bridgehead atoms. The van der Waals surface area contributed by atoms with E-state index in [4.69, 9.17) is 22.1 Å². The van der Waals surface area contributed by atoms with Crippen LogP contribution in [0.1, 0.15) is 18.2 Å². The zero-order chi connectivity index (χ0) is 15.0. The van der Waals surface area contributed by atoms with Crippen molar-refractivity contribution in [1.29, 1.82) is 0 Å². The van der Waals surface area contributed by atoms with Crippen molar-refractivity contribution in [2.45, 2.75) is 26.3 Å². The normalized spacial score (nSPS) is 12.8. The number of aryl methyl sites for hydroxylation is 1. The van der Waals surface area contributed by atoms with Crippen molar-refractivity contribution < 1.29 is 4.74 Å². The number of nitrogens with zero attached hydrogens (tertiary/aromatic N) is 2. The second-order valence-electron chi connectivity index (χ2n) is 5.14. The van der Waals surface area contributed by atoms with Crippen LogP contribution in [-0.2, 0) is 6.42 Å². The molecular weight excluding hydrogens is 306 g/mol. The molecule has 0 radical (unpaired) electrons. The van der Waals surface area contributed by atoms with Crippen LogP contribution in [0, 0.1) is 6.92 Å². The number of hydrogen-bond donors (Lipinski definition) is 1. The number of fused-ring (bicyclic) bond motifs is 1. The molecule has 0 saturated heterocycles. The minimum absolute atomic E-state index is 0.0279. The predicted octanol–water partition coefficient (Wildman–Crippen LogP) is 4.04. The largest absolute Gasteiger partial charge is 0.436 e. The van der Waals surface area contributed by atoms with E-state index in [9.17, 15) is 0 Å². The third-order valence-electron chi connectivity index (χ3n) is 3.13. The molecule has 0 fully saturated rings. The van der Waals surface area contributed by atoms with Gasteiger partial charge in [0.15, 0.2) is 4.96 Å². The van der Waals surface area contributed by atoms with Crippen LogP contribution in [-0.4, -0.2) is 15.4 Å². The quantitative estimate of drug-likeness (QED) is 0.789. The van der Waals surface area contributed by atoms with Gasteiger partial charge < -0.3 is 10.5 Å². The summed E-state index contributed by atoms with van der Waals surface area (Å²) in [4.78, 5) is 5.43. The maximum absolute atomic E-state index is 6.20. The summed E-state index contributed by atoms with van der Waals surface area (Å²) in [6, 6.07) is 5.71. The van der Waals surface area contributed by atoms with Crippen molar-refractivity contribution >= 4 is 27.9 Å². The van der Waals surface area contributed by atoms with Gasteiger partial charge in [0.1, 0.15) is 5.75 Å². The molecule has 110 valence electrons. The summed E-state index contributed by atoms with van der Waals surface area (Å²) in [5, 5.41) is 2.57. The summed E-state index contributed by atoms with van der Waals surface area (Å²) in [7, 11) is 0. The van der Waals surface area contributed by atoms with Crippen molar-refractivity contribution in [3.05, 3.63) is 46.1 Å². The second-order valence-corrected chi connectivity index (χ2v) is 6.42. The van der Waals surface area contributed by atoms with Gasteiger partial charge >= 0.3 is 0 Å². The molecule has 0 aliphatic rings. The van der Waals surface area contributed by atoms with E-state index in [-0.39, 0.29) is 6.04 Å². The maximum atomic E-state index is 6.20. The van der Waals surface area contributed by atoms with Gasteiger partial charge in [-0.15, -0.1) is 11.3 Å². The molecule has 1 unspecified atom stereocenters. The Bertz CT molecular complexity index is 778. The number of ether oxygens (including phenoxy) is 1. The van der Waals surface area contributed by atoms with Crippen LogP contribution in [0.5, 0.6) is 11.6 Å². The molecule has 3 rings (SSSR count). The average Bonchev–Trinajstić information content (AvgIpc) is 2.97. The summed E-state index contributed by atoms with van der Waals surface area (Å²) in [6.07, 6.45) is 2.67. The molecule has 0 amide bonds. The van der Waals surface area contributed by atoms with Crippen LogP contribution in [0.4, 0.5) is 0 Å². The molecule has 0 spiro atoms. The summed E-state index contributed by atoms with van der Waals surface area (Å²) in [5.41, 5.74) is 8.00. The van der Waals surface area contributed by atoms with Crippen LogP contribution < -0.4 is 10.5 Å². The fraction of sp³-hybridized carbons (Fsp3) is 0.267. The van der Waals surface area contributed by atoms with Gasteiger partial charge in [-0.1, -0.05) is 17.7 Å². The van der Waals surface area contributed by atoms with E-state index in [0.717, 1.165) is 16.2 Å². The summed E-state index contributed by atoms with van der Waals surface area (Å²) in [6.45, 7) is 3.97. The molecule has 3 aromatic rings. The Morgan fingerprint density at radius 3 is 3.05 bits per heavy atom. The number of aromatic nitrogens is 2. The minimum atomic E-state index is 0.0279. The fourth-order valence-corrected chi connectivity index (χ4v) is 3.06. The van der Waals surface area contributed by atoms with Gasteiger partial charge in [-0.2, -0.15) is 4.98 Å². The predicted molar refractivity (Wildman–Crippen MR) is 86.7 cm³/mol. The Hall–Kier alpha value is -1.56. The molecule has 1 aromatic carbocycles. The Labute approximate surface area is 132 Å². The van der Waals surface area contributed by atoms with Crippen LogP contribution in [0.2, 0.25) is 5.02 Å². The third kappa shape index (κ3) is 2.90. The maximum Gasteiger partial charge on any atom is 0.242 e.